The Bertz CT molecular complexity index is 656. The zero-order valence-electron chi connectivity index (χ0n) is 8.51. The lowest BCUT2D eigenvalue weighted by Crippen LogP contribution is -1.85. The van der Waals surface area contributed by atoms with Gasteiger partial charge in [-0.05, 0) is 31.2 Å². The first-order chi connectivity index (χ1) is 7.74. The van der Waals surface area contributed by atoms with Crippen molar-refractivity contribution in [1.29, 1.82) is 0 Å². The summed E-state index contributed by atoms with van der Waals surface area (Å²) in [4.78, 5) is 6.74. The molecule has 0 spiro atoms. The second kappa shape index (κ2) is 3.57. The number of hydrogen-bond acceptors (Lipinski definition) is 3. The van der Waals surface area contributed by atoms with Crippen molar-refractivity contribution in [3.05, 3.63) is 40.4 Å². The summed E-state index contributed by atoms with van der Waals surface area (Å²) in [5.74, 6) is 0.728. The quantitative estimate of drug-likeness (QED) is 0.662. The molecule has 0 amide bonds. The molecule has 0 unspecified atom stereocenters. The predicted molar refractivity (Wildman–Crippen MR) is 66.0 cm³/mol. The lowest BCUT2D eigenvalue weighted by Gasteiger charge is -1.90. The van der Waals surface area contributed by atoms with Crippen LogP contribution in [0.15, 0.2) is 30.5 Å². The molecule has 0 aliphatic rings. The molecule has 3 rings (SSSR count). The first kappa shape index (κ1) is 9.81. The zero-order valence-corrected chi connectivity index (χ0v) is 10.1. The molecule has 0 N–H and O–H groups in total. The van der Waals surface area contributed by atoms with E-state index in [1.165, 1.54) is 4.88 Å². The lowest BCUT2D eigenvalue weighted by molar-refractivity contribution is 0.967. The van der Waals surface area contributed by atoms with Crippen LogP contribution in [-0.2, 0) is 0 Å². The van der Waals surface area contributed by atoms with Gasteiger partial charge in [0, 0.05) is 11.1 Å². The Morgan fingerprint density at radius 2 is 2.19 bits per heavy atom. The van der Waals surface area contributed by atoms with Gasteiger partial charge in [0.05, 0.1) is 9.90 Å². The minimum atomic E-state index is 0.620. The van der Waals surface area contributed by atoms with E-state index in [9.17, 15) is 0 Å². The molecular formula is C11H8ClN3S. The van der Waals surface area contributed by atoms with Crippen molar-refractivity contribution in [2.45, 2.75) is 6.92 Å². The Labute approximate surface area is 101 Å². The Morgan fingerprint density at radius 1 is 1.31 bits per heavy atom. The van der Waals surface area contributed by atoms with Crippen molar-refractivity contribution in [1.82, 2.24) is 14.6 Å². The van der Waals surface area contributed by atoms with Crippen LogP contribution in [0.4, 0.5) is 0 Å². The predicted octanol–water partition coefficient (Wildman–Crippen LogP) is 3.42. The minimum Gasteiger partial charge on any atom is -0.219 e. The number of hydrogen-bond donors (Lipinski definition) is 0. The molecule has 5 heteroatoms. The van der Waals surface area contributed by atoms with Gasteiger partial charge < -0.3 is 0 Å². The Morgan fingerprint density at radius 3 is 2.88 bits per heavy atom. The van der Waals surface area contributed by atoms with Gasteiger partial charge in [-0.15, -0.1) is 16.4 Å². The van der Waals surface area contributed by atoms with Crippen LogP contribution in [0, 0.1) is 6.92 Å². The van der Waals surface area contributed by atoms with Crippen LogP contribution in [0.2, 0.25) is 5.02 Å². The topological polar surface area (TPSA) is 30.2 Å². The molecule has 0 saturated carbocycles. The van der Waals surface area contributed by atoms with Gasteiger partial charge in [-0.3, -0.25) is 0 Å². The highest BCUT2D eigenvalue weighted by atomic mass is 35.5. The number of halogens is 1. The number of nitrogens with zero attached hydrogens (tertiary/aromatic N) is 3. The third kappa shape index (κ3) is 1.50. The molecule has 0 saturated heterocycles. The highest BCUT2D eigenvalue weighted by Gasteiger charge is 2.09. The normalized spacial score (nSPS) is 11.1. The van der Waals surface area contributed by atoms with Crippen LogP contribution in [0.1, 0.15) is 4.88 Å². The second-order valence-corrected chi connectivity index (χ2v) is 5.17. The molecule has 0 aliphatic carbocycles. The van der Waals surface area contributed by atoms with Gasteiger partial charge in [-0.1, -0.05) is 11.6 Å². The van der Waals surface area contributed by atoms with Crippen LogP contribution in [0.5, 0.6) is 0 Å². The lowest BCUT2D eigenvalue weighted by atomic mass is 10.4. The van der Waals surface area contributed by atoms with Crippen LogP contribution < -0.4 is 0 Å². The Kier molecular flexibility index (Phi) is 2.19. The molecular weight excluding hydrogens is 242 g/mol. The highest BCUT2D eigenvalue weighted by molar-refractivity contribution is 7.15. The SMILES string of the molecule is Cc1ccc(-c2nc3c(Cl)cccn3n2)s1. The molecule has 3 aromatic heterocycles. The van der Waals surface area contributed by atoms with E-state index in [-0.39, 0.29) is 0 Å². The van der Waals surface area contributed by atoms with E-state index in [1.54, 1.807) is 15.9 Å². The molecule has 0 aromatic carbocycles. The summed E-state index contributed by atoms with van der Waals surface area (Å²) in [6, 6.07) is 7.76. The van der Waals surface area contributed by atoms with Crippen molar-refractivity contribution in [2.24, 2.45) is 0 Å². The third-order valence-electron chi connectivity index (χ3n) is 2.28. The van der Waals surface area contributed by atoms with Crippen LogP contribution in [0.25, 0.3) is 16.3 Å². The average Bonchev–Trinajstić information content (AvgIpc) is 2.84. The minimum absolute atomic E-state index is 0.620. The Balaban J connectivity index is 2.22. The van der Waals surface area contributed by atoms with Gasteiger partial charge in [0.15, 0.2) is 11.5 Å². The van der Waals surface area contributed by atoms with Crippen molar-refractivity contribution in [3.8, 4) is 10.7 Å². The summed E-state index contributed by atoms with van der Waals surface area (Å²) >= 11 is 7.72. The van der Waals surface area contributed by atoms with Gasteiger partial charge in [0.2, 0.25) is 0 Å². The fourth-order valence-corrected chi connectivity index (χ4v) is 2.53. The molecule has 0 radical (unpaired) electrons. The molecule has 0 fully saturated rings. The van der Waals surface area contributed by atoms with Gasteiger partial charge in [-0.2, -0.15) is 0 Å². The monoisotopic (exact) mass is 249 g/mol. The molecule has 16 heavy (non-hydrogen) atoms. The van der Waals surface area contributed by atoms with Crippen LogP contribution >= 0.6 is 22.9 Å². The van der Waals surface area contributed by atoms with Gasteiger partial charge in [-0.25, -0.2) is 9.50 Å². The number of aryl methyl sites for hydroxylation is 1. The molecule has 0 bridgehead atoms. The van der Waals surface area contributed by atoms with Gasteiger partial charge in [0.1, 0.15) is 0 Å². The molecule has 3 aromatic rings. The molecule has 3 heterocycles. The van der Waals surface area contributed by atoms with Crippen molar-refractivity contribution < 1.29 is 0 Å². The molecule has 3 nitrogen and oxygen atoms in total. The standard InChI is InChI=1S/C11H8ClN3S/c1-7-4-5-9(16-7)10-13-11-8(12)3-2-6-15(11)14-10/h2-6H,1H3. The molecule has 80 valence electrons. The number of aromatic nitrogens is 3. The summed E-state index contributed by atoms with van der Waals surface area (Å²) < 4.78 is 1.70. The fourth-order valence-electron chi connectivity index (χ4n) is 1.53. The smallest absolute Gasteiger partial charge is 0.192 e. The van der Waals surface area contributed by atoms with Gasteiger partial charge in [0.25, 0.3) is 0 Å². The zero-order chi connectivity index (χ0) is 11.1. The molecule has 0 aliphatic heterocycles. The summed E-state index contributed by atoms with van der Waals surface area (Å²) in [6.07, 6.45) is 1.85. The van der Waals surface area contributed by atoms with Crippen molar-refractivity contribution in [3.63, 3.8) is 0 Å². The second-order valence-electron chi connectivity index (χ2n) is 3.47. The summed E-state index contributed by atoms with van der Waals surface area (Å²) in [7, 11) is 0. The average molecular weight is 250 g/mol. The number of thiophene rings is 1. The van der Waals surface area contributed by atoms with E-state index in [0.29, 0.717) is 10.7 Å². The first-order valence-corrected chi connectivity index (χ1v) is 6.01. The highest BCUT2D eigenvalue weighted by Crippen LogP contribution is 2.26. The fraction of sp³-hybridized carbons (Fsp3) is 0.0909. The maximum Gasteiger partial charge on any atom is 0.192 e. The number of rotatable bonds is 1. The van der Waals surface area contributed by atoms with Crippen LogP contribution in [-0.4, -0.2) is 14.6 Å². The van der Waals surface area contributed by atoms with E-state index >= 15 is 0 Å². The van der Waals surface area contributed by atoms with Crippen molar-refractivity contribution in [2.75, 3.05) is 0 Å². The van der Waals surface area contributed by atoms with Crippen molar-refractivity contribution >= 4 is 28.6 Å². The maximum absolute atomic E-state index is 6.04. The van der Waals surface area contributed by atoms with Crippen LogP contribution in [0.3, 0.4) is 0 Å². The summed E-state index contributed by atoms with van der Waals surface area (Å²) in [6.45, 7) is 2.07. The third-order valence-corrected chi connectivity index (χ3v) is 3.57. The number of pyridine rings is 1. The maximum atomic E-state index is 6.04. The van der Waals surface area contributed by atoms with E-state index < -0.39 is 0 Å². The van der Waals surface area contributed by atoms with E-state index in [4.69, 9.17) is 11.6 Å². The van der Waals surface area contributed by atoms with E-state index in [2.05, 4.69) is 23.1 Å². The van der Waals surface area contributed by atoms with E-state index in [1.807, 2.05) is 24.4 Å². The summed E-state index contributed by atoms with van der Waals surface area (Å²) in [5.41, 5.74) is 0.699. The molecule has 0 atom stereocenters. The Hall–Kier alpha value is -1.39. The summed E-state index contributed by atoms with van der Waals surface area (Å²) in [5, 5.41) is 5.01. The first-order valence-electron chi connectivity index (χ1n) is 4.82. The van der Waals surface area contributed by atoms with Gasteiger partial charge >= 0.3 is 0 Å². The number of fused-ring (bicyclic) bond motifs is 1. The van der Waals surface area contributed by atoms with E-state index in [0.717, 1.165) is 10.7 Å². The largest absolute Gasteiger partial charge is 0.219 e.